The molecule has 4 nitrogen and oxygen atoms in total. The second-order valence-electron chi connectivity index (χ2n) is 6.16. The van der Waals surface area contributed by atoms with Gasteiger partial charge in [0.25, 0.3) is 0 Å². The fourth-order valence-electron chi connectivity index (χ4n) is 3.02. The molecule has 2 aromatic carbocycles. The van der Waals surface area contributed by atoms with E-state index in [-0.39, 0.29) is 11.6 Å². The highest BCUT2D eigenvalue weighted by Crippen LogP contribution is 2.29. The molecule has 6 heteroatoms. The van der Waals surface area contributed by atoms with E-state index in [0.29, 0.717) is 12.1 Å². The minimum atomic E-state index is -0.319. The topological polar surface area (TPSA) is 36.4 Å². The summed E-state index contributed by atoms with van der Waals surface area (Å²) < 4.78 is 14.2. The van der Waals surface area contributed by atoms with Crippen LogP contribution in [0.1, 0.15) is 10.4 Å². The quantitative estimate of drug-likeness (QED) is 0.672. The lowest BCUT2D eigenvalue weighted by Gasteiger charge is -2.34. The van der Waals surface area contributed by atoms with Crippen molar-refractivity contribution < 1.29 is 9.18 Å². The molecule has 1 aromatic heterocycles. The number of carbonyl (C=O) groups excluding carboxylic acids is 1. The number of aromatic nitrogens is 1. The SMILES string of the molecule is O=C(CN1CCN(c2nc3ccccc3s2)CC1)c1ccc(F)cc1. The second kappa shape index (κ2) is 6.90. The van der Waals surface area contributed by atoms with Gasteiger partial charge in [-0.3, -0.25) is 9.69 Å². The van der Waals surface area contributed by atoms with Gasteiger partial charge in [0.05, 0.1) is 16.8 Å². The summed E-state index contributed by atoms with van der Waals surface area (Å²) in [5.74, 6) is -0.283. The number of Topliss-reactive ketones (excluding diaryl/α,β-unsaturated/α-hetero) is 1. The van der Waals surface area contributed by atoms with E-state index in [1.165, 1.54) is 16.8 Å². The van der Waals surface area contributed by atoms with Crippen molar-refractivity contribution in [2.24, 2.45) is 0 Å². The van der Waals surface area contributed by atoms with Crippen LogP contribution in [0, 0.1) is 5.82 Å². The molecule has 1 aliphatic heterocycles. The molecule has 2 heterocycles. The Morgan fingerprint density at radius 3 is 2.48 bits per heavy atom. The third-order valence-electron chi connectivity index (χ3n) is 4.46. The number of benzene rings is 2. The average Bonchev–Trinajstić information content (AvgIpc) is 3.07. The van der Waals surface area contributed by atoms with Gasteiger partial charge >= 0.3 is 0 Å². The van der Waals surface area contributed by atoms with E-state index in [4.69, 9.17) is 4.98 Å². The van der Waals surface area contributed by atoms with Crippen molar-refractivity contribution >= 4 is 32.5 Å². The number of ketones is 1. The normalized spacial score (nSPS) is 15.6. The third-order valence-corrected chi connectivity index (χ3v) is 5.56. The van der Waals surface area contributed by atoms with Crippen molar-refractivity contribution in [2.45, 2.75) is 0 Å². The number of piperazine rings is 1. The summed E-state index contributed by atoms with van der Waals surface area (Å²) in [6, 6.07) is 13.9. The fourth-order valence-corrected chi connectivity index (χ4v) is 4.04. The Morgan fingerprint density at radius 1 is 1.04 bits per heavy atom. The first-order valence-electron chi connectivity index (χ1n) is 8.31. The number of fused-ring (bicyclic) bond motifs is 1. The van der Waals surface area contributed by atoms with E-state index >= 15 is 0 Å². The molecule has 3 aromatic rings. The number of rotatable bonds is 4. The second-order valence-corrected chi connectivity index (χ2v) is 7.17. The monoisotopic (exact) mass is 355 g/mol. The summed E-state index contributed by atoms with van der Waals surface area (Å²) in [7, 11) is 0. The molecule has 0 unspecified atom stereocenters. The number of halogens is 1. The molecule has 0 radical (unpaired) electrons. The molecule has 4 rings (SSSR count). The smallest absolute Gasteiger partial charge is 0.186 e. The van der Waals surface area contributed by atoms with Gasteiger partial charge in [-0.1, -0.05) is 23.5 Å². The van der Waals surface area contributed by atoms with E-state index in [2.05, 4.69) is 15.9 Å². The van der Waals surface area contributed by atoms with Crippen molar-refractivity contribution in [2.75, 3.05) is 37.6 Å². The summed E-state index contributed by atoms with van der Waals surface area (Å²) >= 11 is 1.71. The predicted molar refractivity (Wildman–Crippen MR) is 99.0 cm³/mol. The van der Waals surface area contributed by atoms with Gasteiger partial charge in [0, 0.05) is 31.7 Å². The van der Waals surface area contributed by atoms with Gasteiger partial charge in [0.1, 0.15) is 5.82 Å². The summed E-state index contributed by atoms with van der Waals surface area (Å²) in [5, 5.41) is 1.05. The van der Waals surface area contributed by atoms with Crippen LogP contribution in [0.3, 0.4) is 0 Å². The largest absolute Gasteiger partial charge is 0.345 e. The van der Waals surface area contributed by atoms with Gasteiger partial charge in [-0.25, -0.2) is 9.37 Å². The van der Waals surface area contributed by atoms with Crippen LogP contribution < -0.4 is 4.90 Å². The van der Waals surface area contributed by atoms with Crippen LogP contribution in [0.25, 0.3) is 10.2 Å². The van der Waals surface area contributed by atoms with E-state index < -0.39 is 0 Å². The van der Waals surface area contributed by atoms with Gasteiger partial charge in [-0.2, -0.15) is 0 Å². The summed E-state index contributed by atoms with van der Waals surface area (Å²) in [4.78, 5) is 21.4. The Morgan fingerprint density at radius 2 is 1.76 bits per heavy atom. The maximum Gasteiger partial charge on any atom is 0.186 e. The van der Waals surface area contributed by atoms with E-state index in [1.54, 1.807) is 23.5 Å². The Labute approximate surface area is 149 Å². The first-order chi connectivity index (χ1) is 12.2. The van der Waals surface area contributed by atoms with Gasteiger partial charge in [0.15, 0.2) is 10.9 Å². The van der Waals surface area contributed by atoms with E-state index in [1.807, 2.05) is 18.2 Å². The molecule has 0 amide bonds. The number of thiazole rings is 1. The number of carbonyl (C=O) groups is 1. The number of hydrogen-bond donors (Lipinski definition) is 0. The highest BCUT2D eigenvalue weighted by molar-refractivity contribution is 7.22. The lowest BCUT2D eigenvalue weighted by molar-refractivity contribution is 0.0926. The van der Waals surface area contributed by atoms with Gasteiger partial charge < -0.3 is 4.90 Å². The van der Waals surface area contributed by atoms with Crippen molar-refractivity contribution in [3.63, 3.8) is 0 Å². The lowest BCUT2D eigenvalue weighted by Crippen LogP contribution is -2.48. The Kier molecular flexibility index (Phi) is 4.46. The maximum absolute atomic E-state index is 13.0. The van der Waals surface area contributed by atoms with Crippen LogP contribution in [0.2, 0.25) is 0 Å². The highest BCUT2D eigenvalue weighted by Gasteiger charge is 2.21. The molecule has 0 atom stereocenters. The number of para-hydroxylation sites is 1. The number of anilines is 1. The zero-order chi connectivity index (χ0) is 17.2. The van der Waals surface area contributed by atoms with Crippen molar-refractivity contribution in [3.05, 3.63) is 59.9 Å². The summed E-state index contributed by atoms with van der Waals surface area (Å²) in [6.45, 7) is 3.73. The molecule has 0 N–H and O–H groups in total. The molecule has 0 aliphatic carbocycles. The first-order valence-corrected chi connectivity index (χ1v) is 9.12. The van der Waals surface area contributed by atoms with E-state index in [0.717, 1.165) is 36.8 Å². The Balaban J connectivity index is 1.36. The van der Waals surface area contributed by atoms with Gasteiger partial charge in [-0.05, 0) is 36.4 Å². The zero-order valence-corrected chi connectivity index (χ0v) is 14.5. The third kappa shape index (κ3) is 3.55. The summed E-state index contributed by atoms with van der Waals surface area (Å²) in [6.07, 6.45) is 0. The van der Waals surface area contributed by atoms with Gasteiger partial charge in [-0.15, -0.1) is 0 Å². The van der Waals surface area contributed by atoms with Crippen LogP contribution in [0.4, 0.5) is 9.52 Å². The molecule has 0 spiro atoms. The Hall–Kier alpha value is -2.31. The van der Waals surface area contributed by atoms with Gasteiger partial charge in [0.2, 0.25) is 0 Å². The van der Waals surface area contributed by atoms with E-state index in [9.17, 15) is 9.18 Å². The average molecular weight is 355 g/mol. The zero-order valence-electron chi connectivity index (χ0n) is 13.7. The van der Waals surface area contributed by atoms with Crippen LogP contribution in [-0.2, 0) is 0 Å². The van der Waals surface area contributed by atoms with Crippen LogP contribution in [-0.4, -0.2) is 48.4 Å². The van der Waals surface area contributed by atoms with Crippen LogP contribution in [0.15, 0.2) is 48.5 Å². The molecule has 1 aliphatic rings. The molecule has 0 bridgehead atoms. The fraction of sp³-hybridized carbons (Fsp3) is 0.263. The van der Waals surface area contributed by atoms with Crippen molar-refractivity contribution in [3.8, 4) is 0 Å². The molecule has 0 saturated carbocycles. The molecule has 1 fully saturated rings. The standard InChI is InChI=1S/C19H18FN3OS/c20-15-7-5-14(6-8-15)17(24)13-22-9-11-23(12-10-22)19-21-16-3-1-2-4-18(16)25-19/h1-8H,9-13H2. The first kappa shape index (κ1) is 16.2. The molecular weight excluding hydrogens is 337 g/mol. The predicted octanol–water partition coefficient (Wildman–Crippen LogP) is 3.44. The molecule has 1 saturated heterocycles. The maximum atomic E-state index is 13.0. The molecule has 25 heavy (non-hydrogen) atoms. The van der Waals surface area contributed by atoms with Crippen molar-refractivity contribution in [1.29, 1.82) is 0 Å². The van der Waals surface area contributed by atoms with Crippen LogP contribution >= 0.6 is 11.3 Å². The molecular formula is C19H18FN3OS. The number of hydrogen-bond acceptors (Lipinski definition) is 5. The lowest BCUT2D eigenvalue weighted by atomic mass is 10.1. The van der Waals surface area contributed by atoms with Crippen molar-refractivity contribution in [1.82, 2.24) is 9.88 Å². The minimum Gasteiger partial charge on any atom is -0.345 e. The minimum absolute atomic E-state index is 0.0356. The summed E-state index contributed by atoms with van der Waals surface area (Å²) in [5.41, 5.74) is 1.60. The highest BCUT2D eigenvalue weighted by atomic mass is 32.1. The van der Waals surface area contributed by atoms with Crippen LogP contribution in [0.5, 0.6) is 0 Å². The number of nitrogens with zero attached hydrogens (tertiary/aromatic N) is 3. The Bertz CT molecular complexity index is 852. The molecule has 128 valence electrons.